The van der Waals surface area contributed by atoms with Gasteiger partial charge in [0.15, 0.2) is 0 Å². The Bertz CT molecular complexity index is 546. The van der Waals surface area contributed by atoms with Gasteiger partial charge in [0.1, 0.15) is 0 Å². The summed E-state index contributed by atoms with van der Waals surface area (Å²) in [4.78, 5) is 13.3. The molecule has 5 heteroatoms. The second-order valence-electron chi connectivity index (χ2n) is 6.33. The largest absolute Gasteiger partial charge is 0.306 e. The first-order valence-corrected chi connectivity index (χ1v) is 7.81. The van der Waals surface area contributed by atoms with Crippen molar-refractivity contribution < 1.29 is 4.92 Å². The van der Waals surface area contributed by atoms with E-state index in [2.05, 4.69) is 17.1 Å². The van der Waals surface area contributed by atoms with Gasteiger partial charge in [-0.1, -0.05) is 12.1 Å². The van der Waals surface area contributed by atoms with Crippen LogP contribution in [0.2, 0.25) is 0 Å². The maximum atomic E-state index is 11.1. The minimum Gasteiger partial charge on any atom is -0.306 e. The van der Waals surface area contributed by atoms with Crippen LogP contribution in [0.15, 0.2) is 18.2 Å². The number of hydrogen-bond donors (Lipinski definition) is 1. The minimum absolute atomic E-state index is 0.148. The van der Waals surface area contributed by atoms with Crippen LogP contribution < -0.4 is 5.32 Å². The van der Waals surface area contributed by atoms with Gasteiger partial charge in [0, 0.05) is 36.3 Å². The van der Waals surface area contributed by atoms with E-state index in [9.17, 15) is 10.1 Å². The van der Waals surface area contributed by atoms with Crippen molar-refractivity contribution in [3.05, 3.63) is 39.4 Å². The second-order valence-corrected chi connectivity index (χ2v) is 6.33. The number of nitro groups is 1. The molecule has 0 aliphatic carbocycles. The Morgan fingerprint density at radius 2 is 2.19 bits per heavy atom. The van der Waals surface area contributed by atoms with E-state index >= 15 is 0 Å². The van der Waals surface area contributed by atoms with E-state index in [0.29, 0.717) is 12.1 Å². The molecular weight excluding hydrogens is 266 g/mol. The van der Waals surface area contributed by atoms with Gasteiger partial charge in [-0.2, -0.15) is 0 Å². The van der Waals surface area contributed by atoms with Gasteiger partial charge >= 0.3 is 0 Å². The van der Waals surface area contributed by atoms with Gasteiger partial charge in [0.25, 0.3) is 5.69 Å². The van der Waals surface area contributed by atoms with Crippen molar-refractivity contribution in [3.8, 4) is 0 Å². The second kappa shape index (κ2) is 5.73. The summed E-state index contributed by atoms with van der Waals surface area (Å²) >= 11 is 0. The number of aryl methyl sites for hydroxylation is 1. The van der Waals surface area contributed by atoms with Crippen LogP contribution in [0.3, 0.4) is 0 Å². The van der Waals surface area contributed by atoms with Gasteiger partial charge in [-0.05, 0) is 45.2 Å². The van der Waals surface area contributed by atoms with Crippen molar-refractivity contribution >= 4 is 5.69 Å². The van der Waals surface area contributed by atoms with E-state index in [1.54, 1.807) is 13.0 Å². The van der Waals surface area contributed by atoms with E-state index in [0.717, 1.165) is 11.1 Å². The molecule has 2 saturated heterocycles. The smallest absolute Gasteiger partial charge is 0.272 e. The third kappa shape index (κ3) is 2.80. The fourth-order valence-corrected chi connectivity index (χ4v) is 3.79. The fourth-order valence-electron chi connectivity index (χ4n) is 3.79. The molecule has 0 bridgehead atoms. The van der Waals surface area contributed by atoms with Gasteiger partial charge in [0.05, 0.1) is 4.92 Å². The van der Waals surface area contributed by atoms with Gasteiger partial charge in [-0.15, -0.1) is 0 Å². The lowest BCUT2D eigenvalue weighted by atomic mass is 10.0. The number of nitrogens with zero attached hydrogens (tertiary/aromatic N) is 2. The van der Waals surface area contributed by atoms with Crippen LogP contribution in [0.5, 0.6) is 0 Å². The topological polar surface area (TPSA) is 58.4 Å². The van der Waals surface area contributed by atoms with E-state index in [4.69, 9.17) is 0 Å². The normalized spacial score (nSPS) is 26.8. The molecule has 114 valence electrons. The maximum absolute atomic E-state index is 11.1. The summed E-state index contributed by atoms with van der Waals surface area (Å²) in [6.45, 7) is 6.30. The van der Waals surface area contributed by atoms with Crippen molar-refractivity contribution in [3.63, 3.8) is 0 Å². The highest BCUT2D eigenvalue weighted by molar-refractivity contribution is 5.43. The first-order valence-electron chi connectivity index (χ1n) is 7.81. The minimum atomic E-state index is -0.292. The van der Waals surface area contributed by atoms with Crippen molar-refractivity contribution in [2.75, 3.05) is 13.1 Å². The van der Waals surface area contributed by atoms with Gasteiger partial charge in [0.2, 0.25) is 0 Å². The number of nitro benzene ring substituents is 1. The molecule has 0 radical (unpaired) electrons. The molecule has 0 spiro atoms. The Morgan fingerprint density at radius 3 is 2.95 bits per heavy atom. The van der Waals surface area contributed by atoms with Gasteiger partial charge < -0.3 is 5.32 Å². The van der Waals surface area contributed by atoms with E-state index in [-0.39, 0.29) is 16.7 Å². The number of nitrogens with one attached hydrogen (secondary N) is 1. The highest BCUT2D eigenvalue weighted by Crippen LogP contribution is 2.30. The highest BCUT2D eigenvalue weighted by atomic mass is 16.6. The standard InChI is InChI=1S/C16H23N3O2/c1-11-5-6-13(10-16(11)19(20)21)12(2)17-14-7-9-18-8-3-4-15(14)18/h5-6,10,12,14-15,17H,3-4,7-9H2,1-2H3. The zero-order chi connectivity index (χ0) is 15.0. The first kappa shape index (κ1) is 14.5. The molecule has 2 heterocycles. The lowest BCUT2D eigenvalue weighted by molar-refractivity contribution is -0.385. The molecule has 2 aliphatic rings. The lowest BCUT2D eigenvalue weighted by Gasteiger charge is -2.25. The highest BCUT2D eigenvalue weighted by Gasteiger charge is 2.37. The molecule has 1 aromatic carbocycles. The predicted octanol–water partition coefficient (Wildman–Crippen LogP) is 2.79. The number of benzene rings is 1. The lowest BCUT2D eigenvalue weighted by Crippen LogP contribution is -2.40. The summed E-state index contributed by atoms with van der Waals surface area (Å²) in [6, 6.07) is 6.89. The number of hydrogen-bond acceptors (Lipinski definition) is 4. The average molecular weight is 289 g/mol. The molecule has 3 rings (SSSR count). The SMILES string of the molecule is Cc1ccc(C(C)NC2CCN3CCCC23)cc1[N+](=O)[O-]. The monoisotopic (exact) mass is 289 g/mol. The number of fused-ring (bicyclic) bond motifs is 1. The Hall–Kier alpha value is -1.46. The van der Waals surface area contributed by atoms with Crippen LogP contribution in [0.1, 0.15) is 43.4 Å². The summed E-state index contributed by atoms with van der Waals surface area (Å²) < 4.78 is 0. The molecular formula is C16H23N3O2. The van der Waals surface area contributed by atoms with Gasteiger partial charge in [-0.25, -0.2) is 0 Å². The first-order chi connectivity index (χ1) is 10.1. The summed E-state index contributed by atoms with van der Waals surface area (Å²) in [5.74, 6) is 0. The molecule has 0 amide bonds. The van der Waals surface area contributed by atoms with Crippen LogP contribution in [0, 0.1) is 17.0 Å². The fraction of sp³-hybridized carbons (Fsp3) is 0.625. The zero-order valence-corrected chi connectivity index (χ0v) is 12.7. The van der Waals surface area contributed by atoms with Crippen molar-refractivity contribution in [1.29, 1.82) is 0 Å². The summed E-state index contributed by atoms with van der Waals surface area (Å²) in [5.41, 5.74) is 1.94. The van der Waals surface area contributed by atoms with Crippen molar-refractivity contribution in [1.82, 2.24) is 10.2 Å². The third-order valence-corrected chi connectivity index (χ3v) is 5.00. The molecule has 0 saturated carbocycles. The molecule has 0 aromatic heterocycles. The third-order valence-electron chi connectivity index (χ3n) is 5.00. The average Bonchev–Trinajstić information content (AvgIpc) is 3.04. The predicted molar refractivity (Wildman–Crippen MR) is 82.4 cm³/mol. The summed E-state index contributed by atoms with van der Waals surface area (Å²) in [7, 11) is 0. The Kier molecular flexibility index (Phi) is 3.95. The maximum Gasteiger partial charge on any atom is 0.272 e. The van der Waals surface area contributed by atoms with Crippen LogP contribution in [0.4, 0.5) is 5.69 Å². The molecule has 2 fully saturated rings. The molecule has 21 heavy (non-hydrogen) atoms. The van der Waals surface area contributed by atoms with Crippen molar-refractivity contribution in [2.45, 2.75) is 51.2 Å². The van der Waals surface area contributed by atoms with E-state index in [1.165, 1.54) is 32.4 Å². The summed E-state index contributed by atoms with van der Waals surface area (Å²) in [5, 5.41) is 14.8. The Labute approximate surface area is 125 Å². The van der Waals surface area contributed by atoms with Crippen LogP contribution in [0.25, 0.3) is 0 Å². The van der Waals surface area contributed by atoms with E-state index in [1.807, 2.05) is 12.1 Å². The molecule has 5 nitrogen and oxygen atoms in total. The molecule has 3 atom stereocenters. The Balaban J connectivity index is 1.72. The van der Waals surface area contributed by atoms with Crippen molar-refractivity contribution in [2.24, 2.45) is 0 Å². The molecule has 1 aromatic rings. The molecule has 2 aliphatic heterocycles. The van der Waals surface area contributed by atoms with Crippen LogP contribution >= 0.6 is 0 Å². The zero-order valence-electron chi connectivity index (χ0n) is 12.7. The quantitative estimate of drug-likeness (QED) is 0.684. The molecule has 1 N–H and O–H groups in total. The summed E-state index contributed by atoms with van der Waals surface area (Å²) in [6.07, 6.45) is 3.76. The van der Waals surface area contributed by atoms with Crippen LogP contribution in [-0.2, 0) is 0 Å². The van der Waals surface area contributed by atoms with Crippen LogP contribution in [-0.4, -0.2) is 35.0 Å². The number of rotatable bonds is 4. The molecule has 3 unspecified atom stereocenters. The van der Waals surface area contributed by atoms with Gasteiger partial charge in [-0.3, -0.25) is 15.0 Å². The van der Waals surface area contributed by atoms with E-state index < -0.39 is 0 Å². The Morgan fingerprint density at radius 1 is 1.38 bits per heavy atom.